The molecule has 1 fully saturated rings. The van der Waals surface area contributed by atoms with Crippen molar-refractivity contribution < 1.29 is 19.6 Å². The average Bonchev–Trinajstić information content (AvgIpc) is 2.99. The lowest BCUT2D eigenvalue weighted by atomic mass is 10.2. The summed E-state index contributed by atoms with van der Waals surface area (Å²) in [5.74, 6) is -0.148. The number of rotatable bonds is 5. The predicted octanol–water partition coefficient (Wildman–Crippen LogP) is 5.01. The van der Waals surface area contributed by atoms with Gasteiger partial charge in [0.15, 0.2) is 16.7 Å². The van der Waals surface area contributed by atoms with Crippen LogP contribution in [0.25, 0.3) is 6.08 Å². The number of carbonyl (C=O) groups excluding carboxylic acids is 1. The van der Waals surface area contributed by atoms with Gasteiger partial charge in [-0.05, 0) is 70.5 Å². The summed E-state index contributed by atoms with van der Waals surface area (Å²) in [5, 5.41) is 24.2. The van der Waals surface area contributed by atoms with Crippen molar-refractivity contribution in [1.29, 1.82) is 0 Å². The number of carbonyl (C=O) groups is 1. The number of thioether (sulfide) groups is 1. The van der Waals surface area contributed by atoms with Crippen LogP contribution in [0, 0.1) is 10.1 Å². The van der Waals surface area contributed by atoms with E-state index < -0.39 is 10.8 Å². The van der Waals surface area contributed by atoms with Crippen molar-refractivity contribution in [3.63, 3.8) is 0 Å². The molecule has 0 unspecified atom stereocenters. The minimum atomic E-state index is -0.591. The Morgan fingerprint density at radius 1 is 1.41 bits per heavy atom. The second kappa shape index (κ2) is 8.85. The highest BCUT2D eigenvalue weighted by Gasteiger charge is 2.25. The van der Waals surface area contributed by atoms with Crippen LogP contribution in [0.5, 0.6) is 11.5 Å². The smallest absolute Gasteiger partial charge is 0.296 e. The average molecular weight is 499 g/mol. The van der Waals surface area contributed by atoms with E-state index in [4.69, 9.17) is 16.3 Å². The van der Waals surface area contributed by atoms with Crippen LogP contribution < -0.4 is 10.1 Å². The molecule has 0 radical (unpaired) electrons. The quantitative estimate of drug-likeness (QED) is 0.340. The van der Waals surface area contributed by atoms with Gasteiger partial charge in [-0.2, -0.15) is 0 Å². The van der Waals surface area contributed by atoms with E-state index in [1.165, 1.54) is 18.2 Å². The summed E-state index contributed by atoms with van der Waals surface area (Å²) in [5.41, 5.74) is 0.435. The number of nitro benzene ring substituents is 1. The molecule has 2 N–H and O–H groups in total. The molecular formula is C18H13BrClN3O5S. The first-order chi connectivity index (χ1) is 13.8. The van der Waals surface area contributed by atoms with Crippen LogP contribution in [-0.4, -0.2) is 27.7 Å². The van der Waals surface area contributed by atoms with Crippen molar-refractivity contribution in [1.82, 2.24) is 5.32 Å². The van der Waals surface area contributed by atoms with Gasteiger partial charge in [-0.25, -0.2) is 4.99 Å². The Morgan fingerprint density at radius 2 is 2.17 bits per heavy atom. The molecule has 8 nitrogen and oxygen atoms in total. The van der Waals surface area contributed by atoms with Crippen LogP contribution in [0.1, 0.15) is 12.5 Å². The standard InChI is InChI=1S/C18H13BrClN3O5S/c1-2-28-14-6-9(5-11(19)16(14)24)7-15-17(25)22-18(29-15)21-12-4-3-10(20)8-13(12)23(26)27/h3-8,24H,2H2,1H3,(H,21,22,25)/b15-7+. The van der Waals surface area contributed by atoms with Gasteiger partial charge < -0.3 is 15.2 Å². The van der Waals surface area contributed by atoms with Crippen molar-refractivity contribution in [2.45, 2.75) is 6.92 Å². The van der Waals surface area contributed by atoms with E-state index in [9.17, 15) is 20.0 Å². The van der Waals surface area contributed by atoms with Crippen molar-refractivity contribution in [2.75, 3.05) is 6.61 Å². The maximum Gasteiger partial charge on any atom is 0.296 e. The van der Waals surface area contributed by atoms with Crippen molar-refractivity contribution in [3.05, 3.63) is 60.4 Å². The van der Waals surface area contributed by atoms with Gasteiger partial charge in [-0.3, -0.25) is 14.9 Å². The maximum atomic E-state index is 12.3. The number of hydrogen-bond acceptors (Lipinski definition) is 7. The molecule has 0 bridgehead atoms. The van der Waals surface area contributed by atoms with Gasteiger partial charge in [0, 0.05) is 11.1 Å². The third-order valence-electron chi connectivity index (χ3n) is 3.66. The third-order valence-corrected chi connectivity index (χ3v) is 5.40. The van der Waals surface area contributed by atoms with E-state index >= 15 is 0 Å². The summed E-state index contributed by atoms with van der Waals surface area (Å²) < 4.78 is 5.80. The largest absolute Gasteiger partial charge is 0.503 e. The van der Waals surface area contributed by atoms with Gasteiger partial charge in [0.05, 0.1) is 20.9 Å². The van der Waals surface area contributed by atoms with Gasteiger partial charge in [-0.15, -0.1) is 0 Å². The predicted molar refractivity (Wildman–Crippen MR) is 116 cm³/mol. The van der Waals surface area contributed by atoms with E-state index in [1.807, 2.05) is 0 Å². The van der Waals surface area contributed by atoms with Crippen LogP contribution in [-0.2, 0) is 4.79 Å². The number of nitrogens with zero attached hydrogens (tertiary/aromatic N) is 2. The van der Waals surface area contributed by atoms with Crippen molar-refractivity contribution in [3.8, 4) is 11.5 Å². The molecule has 2 aromatic rings. The van der Waals surface area contributed by atoms with Crippen molar-refractivity contribution >= 4 is 67.8 Å². The Bertz CT molecular complexity index is 1070. The number of aromatic hydroxyl groups is 1. The fourth-order valence-electron chi connectivity index (χ4n) is 2.42. The highest BCUT2D eigenvalue weighted by molar-refractivity contribution is 9.10. The molecule has 3 rings (SSSR count). The lowest BCUT2D eigenvalue weighted by Gasteiger charge is -2.08. The van der Waals surface area contributed by atoms with Gasteiger partial charge >= 0.3 is 0 Å². The minimum absolute atomic E-state index is 0.0326. The number of nitrogens with one attached hydrogen (secondary N) is 1. The highest BCUT2D eigenvalue weighted by atomic mass is 79.9. The number of ether oxygens (including phenoxy) is 1. The molecule has 11 heteroatoms. The summed E-state index contributed by atoms with van der Waals surface area (Å²) in [7, 11) is 0. The Balaban J connectivity index is 1.92. The zero-order valence-electron chi connectivity index (χ0n) is 14.8. The van der Waals surface area contributed by atoms with Crippen LogP contribution in [0.15, 0.2) is 44.7 Å². The van der Waals surface area contributed by atoms with E-state index in [-0.39, 0.29) is 33.1 Å². The zero-order chi connectivity index (χ0) is 21.1. The fraction of sp³-hybridized carbons (Fsp3) is 0.111. The van der Waals surface area contributed by atoms with Gasteiger partial charge in [0.2, 0.25) is 0 Å². The second-order valence-electron chi connectivity index (χ2n) is 5.65. The fourth-order valence-corrected chi connectivity index (χ4v) is 3.88. The molecule has 1 aliphatic rings. The second-order valence-corrected chi connectivity index (χ2v) is 7.98. The molecule has 2 aromatic carbocycles. The van der Waals surface area contributed by atoms with E-state index in [0.29, 0.717) is 21.5 Å². The molecule has 1 aliphatic heterocycles. The first-order valence-electron chi connectivity index (χ1n) is 8.17. The number of amides is 1. The van der Waals surface area contributed by atoms with Crippen LogP contribution in [0.3, 0.4) is 0 Å². The summed E-state index contributed by atoms with van der Waals surface area (Å²) in [6, 6.07) is 7.33. The molecule has 1 heterocycles. The summed E-state index contributed by atoms with van der Waals surface area (Å²) in [6.45, 7) is 2.16. The third kappa shape index (κ3) is 4.89. The Morgan fingerprint density at radius 3 is 2.86 bits per heavy atom. The molecule has 0 atom stereocenters. The molecule has 0 spiro atoms. The molecule has 29 heavy (non-hydrogen) atoms. The number of phenols is 1. The van der Waals surface area contributed by atoms with E-state index in [0.717, 1.165) is 11.8 Å². The first kappa shape index (κ1) is 21.2. The number of hydrogen-bond donors (Lipinski definition) is 2. The normalized spacial score (nSPS) is 16.3. The highest BCUT2D eigenvalue weighted by Crippen LogP contribution is 2.38. The molecule has 150 valence electrons. The molecule has 0 saturated carbocycles. The number of phenolic OH excluding ortho intramolecular Hbond substituents is 1. The van der Waals surface area contributed by atoms with Crippen LogP contribution in [0.4, 0.5) is 11.4 Å². The van der Waals surface area contributed by atoms with Gasteiger partial charge in [0.1, 0.15) is 5.69 Å². The molecular weight excluding hydrogens is 486 g/mol. The monoisotopic (exact) mass is 497 g/mol. The molecule has 1 saturated heterocycles. The lowest BCUT2D eigenvalue weighted by molar-refractivity contribution is -0.384. The maximum absolute atomic E-state index is 12.3. The number of aliphatic imine (C=N–C) groups is 1. The minimum Gasteiger partial charge on any atom is -0.503 e. The Kier molecular flexibility index (Phi) is 6.46. The number of benzene rings is 2. The van der Waals surface area contributed by atoms with Crippen LogP contribution in [0.2, 0.25) is 5.02 Å². The number of halogens is 2. The Hall–Kier alpha value is -2.56. The van der Waals surface area contributed by atoms with Gasteiger partial charge in [-0.1, -0.05) is 11.6 Å². The summed E-state index contributed by atoms with van der Waals surface area (Å²) in [4.78, 5) is 27.4. The zero-order valence-corrected chi connectivity index (χ0v) is 18.0. The van der Waals surface area contributed by atoms with E-state index in [1.54, 1.807) is 25.1 Å². The first-order valence-corrected chi connectivity index (χ1v) is 10.2. The summed E-state index contributed by atoms with van der Waals surface area (Å²) >= 11 is 10.1. The molecule has 1 amide bonds. The number of amidine groups is 1. The van der Waals surface area contributed by atoms with Crippen molar-refractivity contribution in [2.24, 2.45) is 4.99 Å². The Labute approximate surface area is 182 Å². The molecule has 0 aromatic heterocycles. The van der Waals surface area contributed by atoms with Crippen LogP contribution >= 0.6 is 39.3 Å². The SMILES string of the molecule is CCOc1cc(/C=C2/SC(=Nc3ccc(Cl)cc3[N+](=O)[O-])NC2=O)cc(Br)c1O. The van der Waals surface area contributed by atoms with Gasteiger partial charge in [0.25, 0.3) is 11.6 Å². The molecule has 0 aliphatic carbocycles. The number of nitro groups is 1. The van der Waals surface area contributed by atoms with E-state index in [2.05, 4.69) is 26.2 Å². The summed E-state index contributed by atoms with van der Waals surface area (Å²) in [6.07, 6.45) is 1.60. The lowest BCUT2D eigenvalue weighted by Crippen LogP contribution is -2.19. The topological polar surface area (TPSA) is 114 Å².